The highest BCUT2D eigenvalue weighted by Crippen LogP contribution is 2.12. The summed E-state index contributed by atoms with van der Waals surface area (Å²) in [6.45, 7) is 0.407. The molecule has 0 atom stereocenters. The second-order valence-corrected chi connectivity index (χ2v) is 4.14. The van der Waals surface area contributed by atoms with Crippen LogP contribution in [-0.2, 0) is 13.6 Å². The van der Waals surface area contributed by atoms with Crippen LogP contribution in [0, 0.1) is 0 Å². The zero-order chi connectivity index (χ0) is 12.3. The van der Waals surface area contributed by atoms with Crippen LogP contribution in [0.2, 0.25) is 0 Å². The molecule has 0 saturated heterocycles. The monoisotopic (exact) mass is 247 g/mol. The van der Waals surface area contributed by atoms with Crippen molar-refractivity contribution in [3.05, 3.63) is 48.0 Å². The number of nitrogens with zero attached hydrogens (tertiary/aromatic N) is 2. The number of nitrogens with one attached hydrogen (secondary N) is 1. The smallest absolute Gasteiger partial charge is 0.252 e. The molecule has 0 aliphatic carbocycles. The Morgan fingerprint density at radius 3 is 2.88 bits per heavy atom. The Hall–Kier alpha value is -1.75. The fourth-order valence-electron chi connectivity index (χ4n) is 1.49. The Labute approximate surface area is 105 Å². The first kappa shape index (κ1) is 11.7. The van der Waals surface area contributed by atoms with Gasteiger partial charge in [-0.15, -0.1) is 12.6 Å². The Morgan fingerprint density at radius 2 is 2.24 bits per heavy atom. The fraction of sp³-hybridized carbons (Fsp3) is 0.167. The normalized spacial score (nSPS) is 10.2. The van der Waals surface area contributed by atoms with Gasteiger partial charge in [0.05, 0.1) is 12.1 Å². The van der Waals surface area contributed by atoms with Crippen molar-refractivity contribution in [1.29, 1.82) is 0 Å². The molecule has 2 rings (SSSR count). The van der Waals surface area contributed by atoms with Crippen molar-refractivity contribution in [2.75, 3.05) is 0 Å². The van der Waals surface area contributed by atoms with Crippen LogP contribution in [0.5, 0.6) is 0 Å². The highest BCUT2D eigenvalue weighted by Gasteiger charge is 2.09. The molecule has 0 fully saturated rings. The number of benzene rings is 1. The van der Waals surface area contributed by atoms with E-state index in [4.69, 9.17) is 0 Å². The largest absolute Gasteiger partial charge is 0.345 e. The maximum Gasteiger partial charge on any atom is 0.252 e. The number of aryl methyl sites for hydroxylation is 1. The van der Waals surface area contributed by atoms with Gasteiger partial charge >= 0.3 is 0 Å². The van der Waals surface area contributed by atoms with Gasteiger partial charge in [-0.25, -0.2) is 4.98 Å². The standard InChI is InChI=1S/C12H13N3OS/c1-15-7-6-13-11(15)8-14-12(16)9-4-2-3-5-10(9)17/h2-7,17H,8H2,1H3,(H,14,16). The molecule has 0 aliphatic heterocycles. The molecule has 0 spiro atoms. The molecular weight excluding hydrogens is 234 g/mol. The molecule has 1 aromatic heterocycles. The Bertz CT molecular complexity index is 536. The first-order valence-electron chi connectivity index (χ1n) is 5.21. The average Bonchev–Trinajstić information content (AvgIpc) is 2.72. The predicted octanol–water partition coefficient (Wildman–Crippen LogP) is 1.64. The molecule has 0 aliphatic rings. The third-order valence-corrected chi connectivity index (χ3v) is 2.87. The summed E-state index contributed by atoms with van der Waals surface area (Å²) in [7, 11) is 1.89. The second kappa shape index (κ2) is 5.05. The lowest BCUT2D eigenvalue weighted by Crippen LogP contribution is -2.24. The third-order valence-electron chi connectivity index (χ3n) is 2.48. The number of amides is 1. The number of hydrogen-bond donors (Lipinski definition) is 2. The first-order valence-corrected chi connectivity index (χ1v) is 5.65. The molecule has 2 aromatic rings. The van der Waals surface area contributed by atoms with Gasteiger partial charge in [0.25, 0.3) is 5.91 Å². The minimum absolute atomic E-state index is 0.140. The summed E-state index contributed by atoms with van der Waals surface area (Å²) >= 11 is 4.24. The summed E-state index contributed by atoms with van der Waals surface area (Å²) in [6, 6.07) is 7.20. The minimum atomic E-state index is -0.140. The van der Waals surface area contributed by atoms with E-state index in [1.54, 1.807) is 18.3 Å². The van der Waals surface area contributed by atoms with E-state index in [1.807, 2.05) is 29.9 Å². The van der Waals surface area contributed by atoms with Gasteiger partial charge in [0.1, 0.15) is 5.82 Å². The SMILES string of the molecule is Cn1ccnc1CNC(=O)c1ccccc1S. The van der Waals surface area contributed by atoms with E-state index in [1.165, 1.54) is 0 Å². The highest BCUT2D eigenvalue weighted by molar-refractivity contribution is 7.80. The van der Waals surface area contributed by atoms with Gasteiger partial charge in [-0.3, -0.25) is 4.79 Å². The van der Waals surface area contributed by atoms with E-state index < -0.39 is 0 Å². The van der Waals surface area contributed by atoms with E-state index in [2.05, 4.69) is 22.9 Å². The van der Waals surface area contributed by atoms with Gasteiger partial charge in [0.2, 0.25) is 0 Å². The fourth-order valence-corrected chi connectivity index (χ4v) is 1.75. The minimum Gasteiger partial charge on any atom is -0.345 e. The Morgan fingerprint density at radius 1 is 1.47 bits per heavy atom. The molecule has 1 N–H and O–H groups in total. The molecule has 17 heavy (non-hydrogen) atoms. The van der Waals surface area contributed by atoms with E-state index in [-0.39, 0.29) is 5.91 Å². The van der Waals surface area contributed by atoms with Crippen molar-refractivity contribution in [2.24, 2.45) is 7.05 Å². The summed E-state index contributed by atoms with van der Waals surface area (Å²) < 4.78 is 1.87. The number of imidazole rings is 1. The summed E-state index contributed by atoms with van der Waals surface area (Å²) in [4.78, 5) is 16.7. The van der Waals surface area contributed by atoms with Crippen LogP contribution in [0.1, 0.15) is 16.2 Å². The zero-order valence-corrected chi connectivity index (χ0v) is 10.3. The van der Waals surface area contributed by atoms with Crippen LogP contribution in [0.4, 0.5) is 0 Å². The molecular formula is C12H13N3OS. The quantitative estimate of drug-likeness (QED) is 0.810. The van der Waals surface area contributed by atoms with Crippen LogP contribution in [0.15, 0.2) is 41.6 Å². The maximum absolute atomic E-state index is 11.9. The van der Waals surface area contributed by atoms with Crippen LogP contribution in [-0.4, -0.2) is 15.5 Å². The molecule has 1 aromatic carbocycles. The van der Waals surface area contributed by atoms with Crippen molar-refractivity contribution in [1.82, 2.24) is 14.9 Å². The lowest BCUT2D eigenvalue weighted by molar-refractivity contribution is 0.0947. The van der Waals surface area contributed by atoms with Gasteiger partial charge in [0.15, 0.2) is 0 Å². The second-order valence-electron chi connectivity index (χ2n) is 3.65. The molecule has 1 heterocycles. The molecule has 0 radical (unpaired) electrons. The number of aromatic nitrogens is 2. The number of rotatable bonds is 3. The Balaban J connectivity index is 2.04. The van der Waals surface area contributed by atoms with Crippen LogP contribution in [0.25, 0.3) is 0 Å². The maximum atomic E-state index is 11.9. The molecule has 1 amide bonds. The van der Waals surface area contributed by atoms with Crippen molar-refractivity contribution in [2.45, 2.75) is 11.4 Å². The average molecular weight is 247 g/mol. The Kier molecular flexibility index (Phi) is 3.49. The lowest BCUT2D eigenvalue weighted by Gasteiger charge is -2.06. The van der Waals surface area contributed by atoms with Gasteiger partial charge in [-0.2, -0.15) is 0 Å². The zero-order valence-electron chi connectivity index (χ0n) is 9.42. The van der Waals surface area contributed by atoms with Gasteiger partial charge in [-0.1, -0.05) is 12.1 Å². The summed E-state index contributed by atoms with van der Waals surface area (Å²) in [5.74, 6) is 0.675. The van der Waals surface area contributed by atoms with Crippen molar-refractivity contribution >= 4 is 18.5 Å². The van der Waals surface area contributed by atoms with Gasteiger partial charge in [-0.05, 0) is 12.1 Å². The number of carbonyl (C=O) groups is 1. The third kappa shape index (κ3) is 2.68. The summed E-state index contributed by atoms with van der Waals surface area (Å²) in [5, 5.41) is 2.81. The molecule has 4 nitrogen and oxygen atoms in total. The molecule has 0 saturated carbocycles. The molecule has 0 unspecified atom stereocenters. The summed E-state index contributed by atoms with van der Waals surface area (Å²) in [5.41, 5.74) is 0.574. The van der Waals surface area contributed by atoms with Crippen molar-refractivity contribution in [3.8, 4) is 0 Å². The van der Waals surface area contributed by atoms with Gasteiger partial charge < -0.3 is 9.88 Å². The number of thiol groups is 1. The van der Waals surface area contributed by atoms with Crippen molar-refractivity contribution < 1.29 is 4.79 Å². The summed E-state index contributed by atoms with van der Waals surface area (Å²) in [6.07, 6.45) is 3.54. The van der Waals surface area contributed by atoms with E-state index >= 15 is 0 Å². The van der Waals surface area contributed by atoms with Crippen LogP contribution in [0.3, 0.4) is 0 Å². The molecule has 0 bridgehead atoms. The topological polar surface area (TPSA) is 46.9 Å². The molecule has 88 valence electrons. The van der Waals surface area contributed by atoms with E-state index in [0.717, 1.165) is 5.82 Å². The predicted molar refractivity (Wildman–Crippen MR) is 68.1 cm³/mol. The van der Waals surface area contributed by atoms with E-state index in [9.17, 15) is 4.79 Å². The van der Waals surface area contributed by atoms with Crippen LogP contribution >= 0.6 is 12.6 Å². The van der Waals surface area contributed by atoms with Gasteiger partial charge in [0, 0.05) is 24.3 Å². The lowest BCUT2D eigenvalue weighted by atomic mass is 10.2. The highest BCUT2D eigenvalue weighted by atomic mass is 32.1. The van der Waals surface area contributed by atoms with Crippen molar-refractivity contribution in [3.63, 3.8) is 0 Å². The van der Waals surface area contributed by atoms with E-state index in [0.29, 0.717) is 17.0 Å². The van der Waals surface area contributed by atoms with Crippen LogP contribution < -0.4 is 5.32 Å². The first-order chi connectivity index (χ1) is 8.18. The molecule has 5 heteroatoms. The number of carbonyl (C=O) groups excluding carboxylic acids is 1. The number of hydrogen-bond acceptors (Lipinski definition) is 3.